The maximum absolute atomic E-state index is 12.8. The molecule has 1 aromatic carbocycles. The highest BCUT2D eigenvalue weighted by Crippen LogP contribution is 2.33. The fourth-order valence-corrected chi connectivity index (χ4v) is 3.48. The fraction of sp³-hybridized carbons (Fsp3) is 0.267. The van der Waals surface area contributed by atoms with E-state index in [0.29, 0.717) is 12.2 Å². The molecular formula is C15H15FN2OS. The van der Waals surface area contributed by atoms with Gasteiger partial charge in [0, 0.05) is 17.1 Å². The number of carbonyl (C=O) groups is 1. The highest BCUT2D eigenvalue weighted by atomic mass is 32.1. The van der Waals surface area contributed by atoms with Crippen molar-refractivity contribution in [2.75, 3.05) is 11.9 Å². The molecule has 0 radical (unpaired) electrons. The van der Waals surface area contributed by atoms with Gasteiger partial charge in [0.2, 0.25) is 0 Å². The van der Waals surface area contributed by atoms with E-state index in [9.17, 15) is 9.18 Å². The van der Waals surface area contributed by atoms with Crippen molar-refractivity contribution < 1.29 is 9.18 Å². The van der Waals surface area contributed by atoms with Crippen molar-refractivity contribution in [3.63, 3.8) is 0 Å². The summed E-state index contributed by atoms with van der Waals surface area (Å²) in [5, 5.41) is 4.89. The van der Waals surface area contributed by atoms with Crippen molar-refractivity contribution in [1.82, 2.24) is 4.90 Å². The Kier molecular flexibility index (Phi) is 3.44. The smallest absolute Gasteiger partial charge is 0.317 e. The number of carbonyl (C=O) groups excluding carboxylic acids is 1. The summed E-state index contributed by atoms with van der Waals surface area (Å²) >= 11 is 1.75. The van der Waals surface area contributed by atoms with Gasteiger partial charge < -0.3 is 10.2 Å². The van der Waals surface area contributed by atoms with Crippen molar-refractivity contribution in [1.29, 1.82) is 0 Å². The Morgan fingerprint density at radius 1 is 1.35 bits per heavy atom. The molecule has 104 valence electrons. The van der Waals surface area contributed by atoms with Crippen LogP contribution in [0.1, 0.15) is 23.4 Å². The van der Waals surface area contributed by atoms with E-state index in [1.807, 2.05) is 11.8 Å². The van der Waals surface area contributed by atoms with Crippen molar-refractivity contribution in [2.45, 2.75) is 19.4 Å². The van der Waals surface area contributed by atoms with Gasteiger partial charge in [0.25, 0.3) is 0 Å². The predicted molar refractivity (Wildman–Crippen MR) is 78.6 cm³/mol. The molecule has 1 N–H and O–H groups in total. The van der Waals surface area contributed by atoms with Crippen molar-refractivity contribution in [2.24, 2.45) is 0 Å². The standard InChI is InChI=1S/C15H15FN2OS/c1-10-13-7-9-20-14(13)6-8-18(10)15(19)17-12-4-2-11(16)3-5-12/h2-5,7,9-10H,6,8H2,1H3,(H,17,19)/t10-/m1/s1. The number of rotatable bonds is 1. The first-order valence-corrected chi connectivity index (χ1v) is 7.42. The second-order valence-electron chi connectivity index (χ2n) is 4.86. The Morgan fingerprint density at radius 3 is 2.85 bits per heavy atom. The molecule has 1 aromatic heterocycles. The van der Waals surface area contributed by atoms with Crippen LogP contribution in [0.3, 0.4) is 0 Å². The number of hydrogen-bond donors (Lipinski definition) is 1. The largest absolute Gasteiger partial charge is 0.322 e. The number of nitrogens with zero attached hydrogens (tertiary/aromatic N) is 1. The van der Waals surface area contributed by atoms with E-state index >= 15 is 0 Å². The first kappa shape index (κ1) is 13.1. The molecule has 20 heavy (non-hydrogen) atoms. The fourth-order valence-electron chi connectivity index (χ4n) is 2.52. The van der Waals surface area contributed by atoms with E-state index < -0.39 is 0 Å². The lowest BCUT2D eigenvalue weighted by Gasteiger charge is -2.33. The molecular weight excluding hydrogens is 275 g/mol. The molecule has 2 amide bonds. The average Bonchev–Trinajstić information content (AvgIpc) is 2.91. The topological polar surface area (TPSA) is 32.3 Å². The van der Waals surface area contributed by atoms with Gasteiger partial charge in [-0.25, -0.2) is 9.18 Å². The summed E-state index contributed by atoms with van der Waals surface area (Å²) in [7, 11) is 0. The summed E-state index contributed by atoms with van der Waals surface area (Å²) in [5.41, 5.74) is 1.84. The van der Waals surface area contributed by atoms with Gasteiger partial charge in [0.15, 0.2) is 0 Å². The van der Waals surface area contributed by atoms with E-state index in [4.69, 9.17) is 0 Å². The molecule has 1 atom stereocenters. The lowest BCUT2D eigenvalue weighted by molar-refractivity contribution is 0.189. The van der Waals surface area contributed by atoms with Crippen LogP contribution in [-0.4, -0.2) is 17.5 Å². The molecule has 1 aliphatic heterocycles. The number of benzene rings is 1. The minimum absolute atomic E-state index is 0.0745. The van der Waals surface area contributed by atoms with E-state index in [1.54, 1.807) is 23.5 Å². The molecule has 0 saturated heterocycles. The Balaban J connectivity index is 1.73. The summed E-state index contributed by atoms with van der Waals surface area (Å²) < 4.78 is 12.8. The monoisotopic (exact) mass is 290 g/mol. The summed E-state index contributed by atoms with van der Waals surface area (Å²) in [6, 6.07) is 7.84. The van der Waals surface area contributed by atoms with Gasteiger partial charge in [-0.1, -0.05) is 0 Å². The van der Waals surface area contributed by atoms with Crippen LogP contribution in [-0.2, 0) is 6.42 Å². The Hall–Kier alpha value is -1.88. The molecule has 3 rings (SSSR count). The number of fused-ring (bicyclic) bond motifs is 1. The highest BCUT2D eigenvalue weighted by Gasteiger charge is 2.28. The summed E-state index contributed by atoms with van der Waals surface area (Å²) in [6.45, 7) is 2.75. The van der Waals surface area contributed by atoms with Crippen LogP contribution in [0.25, 0.3) is 0 Å². The summed E-state index contributed by atoms with van der Waals surface area (Å²) in [5.74, 6) is -0.308. The van der Waals surface area contributed by atoms with Crippen LogP contribution in [0.2, 0.25) is 0 Å². The highest BCUT2D eigenvalue weighted by molar-refractivity contribution is 7.10. The molecule has 0 unspecified atom stereocenters. The predicted octanol–water partition coefficient (Wildman–Crippen LogP) is 4.04. The van der Waals surface area contributed by atoms with Gasteiger partial charge in [0.1, 0.15) is 5.82 Å². The van der Waals surface area contributed by atoms with E-state index in [0.717, 1.165) is 6.42 Å². The average molecular weight is 290 g/mol. The molecule has 0 spiro atoms. The third-order valence-corrected chi connectivity index (χ3v) is 4.63. The lowest BCUT2D eigenvalue weighted by atomic mass is 10.0. The molecule has 0 aliphatic carbocycles. The van der Waals surface area contributed by atoms with Crippen LogP contribution in [0.5, 0.6) is 0 Å². The third-order valence-electron chi connectivity index (χ3n) is 3.63. The maximum atomic E-state index is 12.8. The number of urea groups is 1. The lowest BCUT2D eigenvalue weighted by Crippen LogP contribution is -2.40. The van der Waals surface area contributed by atoms with E-state index in [-0.39, 0.29) is 17.9 Å². The number of thiophene rings is 1. The molecule has 0 bridgehead atoms. The van der Waals surface area contributed by atoms with E-state index in [2.05, 4.69) is 16.8 Å². The minimum atomic E-state index is -0.308. The third kappa shape index (κ3) is 2.41. The number of hydrogen-bond acceptors (Lipinski definition) is 2. The Labute approximate surface area is 121 Å². The number of anilines is 1. The van der Waals surface area contributed by atoms with Gasteiger partial charge >= 0.3 is 6.03 Å². The first-order chi connectivity index (χ1) is 9.65. The molecule has 5 heteroatoms. The molecule has 2 heterocycles. The summed E-state index contributed by atoms with van der Waals surface area (Å²) in [6.07, 6.45) is 0.897. The van der Waals surface area contributed by atoms with Gasteiger partial charge in [-0.15, -0.1) is 11.3 Å². The van der Waals surface area contributed by atoms with Gasteiger partial charge in [0.05, 0.1) is 6.04 Å². The maximum Gasteiger partial charge on any atom is 0.322 e. The molecule has 2 aromatic rings. The van der Waals surface area contributed by atoms with Gasteiger partial charge in [-0.2, -0.15) is 0 Å². The number of halogens is 1. The second-order valence-corrected chi connectivity index (χ2v) is 5.86. The van der Waals surface area contributed by atoms with E-state index in [1.165, 1.54) is 22.6 Å². The van der Waals surface area contributed by atoms with Crippen molar-refractivity contribution in [3.05, 3.63) is 52.0 Å². The zero-order valence-corrected chi connectivity index (χ0v) is 11.9. The van der Waals surface area contributed by atoms with Crippen LogP contribution >= 0.6 is 11.3 Å². The number of nitrogens with one attached hydrogen (secondary N) is 1. The van der Waals surface area contributed by atoms with Crippen LogP contribution in [0.15, 0.2) is 35.7 Å². The van der Waals surface area contributed by atoms with Crippen LogP contribution < -0.4 is 5.32 Å². The second kappa shape index (κ2) is 5.25. The first-order valence-electron chi connectivity index (χ1n) is 6.54. The quantitative estimate of drug-likeness (QED) is 0.844. The van der Waals surface area contributed by atoms with Crippen molar-refractivity contribution in [3.8, 4) is 0 Å². The SMILES string of the molecule is C[C@@H]1c2ccsc2CCN1C(=O)Nc1ccc(F)cc1. The van der Waals surface area contributed by atoms with Crippen molar-refractivity contribution >= 4 is 23.1 Å². The molecule has 0 saturated carbocycles. The zero-order chi connectivity index (χ0) is 14.1. The molecule has 3 nitrogen and oxygen atoms in total. The zero-order valence-electron chi connectivity index (χ0n) is 11.1. The molecule has 0 fully saturated rings. The van der Waals surface area contributed by atoms with Crippen LogP contribution in [0, 0.1) is 5.82 Å². The Bertz CT molecular complexity index is 623. The summed E-state index contributed by atoms with van der Waals surface area (Å²) in [4.78, 5) is 15.5. The number of amides is 2. The van der Waals surface area contributed by atoms with Gasteiger partial charge in [-0.05, 0) is 54.6 Å². The van der Waals surface area contributed by atoms with Gasteiger partial charge in [-0.3, -0.25) is 0 Å². The minimum Gasteiger partial charge on any atom is -0.317 e. The van der Waals surface area contributed by atoms with Crippen LogP contribution in [0.4, 0.5) is 14.9 Å². The normalized spacial score (nSPS) is 17.7. The molecule has 1 aliphatic rings. The Morgan fingerprint density at radius 2 is 2.10 bits per heavy atom.